The van der Waals surface area contributed by atoms with E-state index in [0.29, 0.717) is 6.07 Å². The fraction of sp³-hybridized carbons (Fsp3) is 0.259. The minimum absolute atomic E-state index is 0.0455. The molecule has 1 atom stereocenters. The summed E-state index contributed by atoms with van der Waals surface area (Å²) in [6.07, 6.45) is -6.17. The molecular weight excluding hydrogens is 589 g/mol. The number of carbonyl (C=O) groups excluding carboxylic acids is 1. The van der Waals surface area contributed by atoms with Gasteiger partial charge in [-0.15, -0.1) is 0 Å². The fourth-order valence-corrected chi connectivity index (χ4v) is 5.74. The number of fused-ring (bicyclic) bond motifs is 1. The van der Waals surface area contributed by atoms with Gasteiger partial charge in [0.2, 0.25) is 0 Å². The highest BCUT2D eigenvalue weighted by Crippen LogP contribution is 2.41. The van der Waals surface area contributed by atoms with Crippen LogP contribution in [0.4, 0.5) is 32.4 Å². The lowest BCUT2D eigenvalue weighted by atomic mass is 10.0. The molecule has 0 fully saturated rings. The molecule has 0 unspecified atom stereocenters. The van der Waals surface area contributed by atoms with E-state index < -0.39 is 62.9 Å². The number of hydrogen-bond donors (Lipinski definition) is 2. The van der Waals surface area contributed by atoms with E-state index in [9.17, 15) is 40.0 Å². The molecule has 4 rings (SSSR count). The van der Waals surface area contributed by atoms with E-state index in [1.54, 1.807) is 0 Å². The van der Waals surface area contributed by atoms with Crippen LogP contribution in [0.1, 0.15) is 12.0 Å². The van der Waals surface area contributed by atoms with Crippen LogP contribution in [0.5, 0.6) is 5.75 Å². The van der Waals surface area contributed by atoms with Crippen LogP contribution in [-0.2, 0) is 21.0 Å². The standard InChI is InChI=1S/C27H24F5N3O6S/c1-34(10-9-25(36)37)26(38)33-14-19-15-35(42(39,40)20-4-2-3-17(12-20)27(30,31)32)23-11-16(5-8-24(23)41-19)21-13-18(28)6-7-22(21)29/h2-8,11-13,19H,9-10,14-15H2,1H3,(H,33,38)(H,36,37)/t19-/m0/s1. The molecule has 3 aromatic carbocycles. The first-order valence-electron chi connectivity index (χ1n) is 12.3. The molecule has 0 bridgehead atoms. The highest BCUT2D eigenvalue weighted by atomic mass is 32.2. The summed E-state index contributed by atoms with van der Waals surface area (Å²) in [5, 5.41) is 11.3. The fourth-order valence-electron chi connectivity index (χ4n) is 4.19. The molecule has 0 aliphatic carbocycles. The first kappa shape index (κ1) is 30.6. The van der Waals surface area contributed by atoms with Crippen LogP contribution < -0.4 is 14.4 Å². The van der Waals surface area contributed by atoms with Crippen LogP contribution in [0, 0.1) is 11.6 Å². The third-order valence-corrected chi connectivity index (χ3v) is 8.14. The molecule has 1 aliphatic rings. The number of carbonyl (C=O) groups is 2. The summed E-state index contributed by atoms with van der Waals surface area (Å²) in [4.78, 5) is 23.6. The number of aliphatic carboxylic acids is 1. The second-order valence-electron chi connectivity index (χ2n) is 9.36. The first-order chi connectivity index (χ1) is 19.7. The summed E-state index contributed by atoms with van der Waals surface area (Å²) >= 11 is 0. The Balaban J connectivity index is 1.71. The molecule has 9 nitrogen and oxygen atoms in total. The monoisotopic (exact) mass is 613 g/mol. The van der Waals surface area contributed by atoms with Crippen molar-refractivity contribution in [2.24, 2.45) is 0 Å². The van der Waals surface area contributed by atoms with E-state index in [4.69, 9.17) is 9.84 Å². The van der Waals surface area contributed by atoms with Gasteiger partial charge < -0.3 is 20.1 Å². The molecule has 0 aromatic heterocycles. The number of alkyl halides is 3. The van der Waals surface area contributed by atoms with Gasteiger partial charge in [-0.2, -0.15) is 13.2 Å². The van der Waals surface area contributed by atoms with Crippen molar-refractivity contribution >= 4 is 27.7 Å². The summed E-state index contributed by atoms with van der Waals surface area (Å²) in [5.74, 6) is -2.71. The van der Waals surface area contributed by atoms with Gasteiger partial charge in [0.25, 0.3) is 10.0 Å². The van der Waals surface area contributed by atoms with Crippen LogP contribution in [0.15, 0.2) is 65.6 Å². The number of hydrogen-bond acceptors (Lipinski definition) is 5. The Kier molecular flexibility index (Phi) is 8.61. The topological polar surface area (TPSA) is 116 Å². The quantitative estimate of drug-likeness (QED) is 0.355. The number of sulfonamides is 1. The first-order valence-corrected chi connectivity index (χ1v) is 13.8. The summed E-state index contributed by atoms with van der Waals surface area (Å²) in [7, 11) is -3.33. The molecule has 0 radical (unpaired) electrons. The number of nitrogens with zero attached hydrogens (tertiary/aromatic N) is 2. The Morgan fingerprint density at radius 2 is 1.83 bits per heavy atom. The van der Waals surface area contributed by atoms with E-state index in [1.807, 2.05) is 0 Å². The van der Waals surface area contributed by atoms with Gasteiger partial charge in [0.15, 0.2) is 0 Å². The third kappa shape index (κ3) is 6.73. The van der Waals surface area contributed by atoms with Crippen molar-refractivity contribution in [1.82, 2.24) is 10.2 Å². The van der Waals surface area contributed by atoms with Gasteiger partial charge in [0.05, 0.1) is 35.7 Å². The predicted molar refractivity (Wildman–Crippen MR) is 140 cm³/mol. The molecule has 1 heterocycles. The average Bonchev–Trinajstić information content (AvgIpc) is 2.94. The van der Waals surface area contributed by atoms with Gasteiger partial charge in [-0.25, -0.2) is 22.0 Å². The number of rotatable bonds is 8. The number of benzene rings is 3. The third-order valence-electron chi connectivity index (χ3n) is 6.37. The summed E-state index contributed by atoms with van der Waals surface area (Å²) in [5.41, 5.74) is -1.45. The molecule has 2 N–H and O–H groups in total. The Morgan fingerprint density at radius 1 is 1.10 bits per heavy atom. The predicted octanol–water partition coefficient (Wildman–Crippen LogP) is 4.72. The Morgan fingerprint density at radius 3 is 2.52 bits per heavy atom. The molecule has 0 saturated heterocycles. The number of anilines is 1. The van der Waals surface area contributed by atoms with Gasteiger partial charge >= 0.3 is 18.2 Å². The molecule has 224 valence electrons. The number of amides is 2. The van der Waals surface area contributed by atoms with Gasteiger partial charge in [0, 0.05) is 19.2 Å². The van der Waals surface area contributed by atoms with Crippen LogP contribution in [0.25, 0.3) is 11.1 Å². The maximum Gasteiger partial charge on any atom is 0.416 e. The van der Waals surface area contributed by atoms with Gasteiger partial charge in [0.1, 0.15) is 23.5 Å². The van der Waals surface area contributed by atoms with E-state index in [-0.39, 0.29) is 42.1 Å². The van der Waals surface area contributed by atoms with Gasteiger partial charge in [-0.3, -0.25) is 9.10 Å². The second kappa shape index (κ2) is 11.8. The highest BCUT2D eigenvalue weighted by molar-refractivity contribution is 7.92. The highest BCUT2D eigenvalue weighted by Gasteiger charge is 2.37. The Bertz CT molecular complexity index is 1620. The molecule has 3 aromatic rings. The molecule has 42 heavy (non-hydrogen) atoms. The molecule has 15 heteroatoms. The largest absolute Gasteiger partial charge is 0.484 e. The van der Waals surface area contributed by atoms with Crippen molar-refractivity contribution in [3.8, 4) is 16.9 Å². The normalized spacial score (nSPS) is 15.0. The van der Waals surface area contributed by atoms with Crippen molar-refractivity contribution < 1.29 is 49.8 Å². The Labute approximate surface area is 237 Å². The molecule has 2 amide bonds. The Hall–Kier alpha value is -4.40. The number of halogens is 5. The lowest BCUT2D eigenvalue weighted by Crippen LogP contribution is -2.50. The van der Waals surface area contributed by atoms with E-state index >= 15 is 0 Å². The smallest absolute Gasteiger partial charge is 0.416 e. The van der Waals surface area contributed by atoms with Crippen molar-refractivity contribution in [3.63, 3.8) is 0 Å². The van der Waals surface area contributed by atoms with Crippen LogP contribution >= 0.6 is 0 Å². The lowest BCUT2D eigenvalue weighted by Gasteiger charge is -2.36. The van der Waals surface area contributed by atoms with Crippen molar-refractivity contribution in [3.05, 3.63) is 77.9 Å². The van der Waals surface area contributed by atoms with Crippen LogP contribution in [-0.4, -0.2) is 63.2 Å². The number of urea groups is 1. The average molecular weight is 614 g/mol. The summed E-state index contributed by atoms with van der Waals surface area (Å²) in [6, 6.07) is 9.04. The molecule has 0 spiro atoms. The number of nitrogens with one attached hydrogen (secondary N) is 1. The number of carboxylic acids is 1. The SMILES string of the molecule is CN(CCC(=O)O)C(=O)NC[C@H]1CN(S(=O)(=O)c2cccc(C(F)(F)F)c2)c2cc(-c3cc(F)ccc3F)ccc2O1. The minimum atomic E-state index is -4.82. The number of ether oxygens (including phenoxy) is 1. The van der Waals surface area contributed by atoms with Crippen LogP contribution in [0.3, 0.4) is 0 Å². The zero-order valence-electron chi connectivity index (χ0n) is 21.9. The van der Waals surface area contributed by atoms with Gasteiger partial charge in [-0.05, 0) is 54.1 Å². The minimum Gasteiger partial charge on any atom is -0.484 e. The summed E-state index contributed by atoms with van der Waals surface area (Å²) < 4.78 is 103. The molecular formula is C27H24F5N3O6S. The molecule has 1 aliphatic heterocycles. The van der Waals surface area contributed by atoms with Crippen LogP contribution in [0.2, 0.25) is 0 Å². The van der Waals surface area contributed by atoms with E-state index in [0.717, 1.165) is 45.6 Å². The van der Waals surface area contributed by atoms with E-state index in [1.165, 1.54) is 25.2 Å². The maximum absolute atomic E-state index is 14.5. The zero-order chi connectivity index (χ0) is 30.8. The second-order valence-corrected chi connectivity index (χ2v) is 11.2. The zero-order valence-corrected chi connectivity index (χ0v) is 22.7. The van der Waals surface area contributed by atoms with E-state index in [2.05, 4.69) is 5.32 Å². The maximum atomic E-state index is 14.5. The van der Waals surface area contributed by atoms with Crippen molar-refractivity contribution in [2.75, 3.05) is 31.0 Å². The molecule has 0 saturated carbocycles. The van der Waals surface area contributed by atoms with Crippen molar-refractivity contribution in [1.29, 1.82) is 0 Å². The van der Waals surface area contributed by atoms with Gasteiger partial charge in [-0.1, -0.05) is 12.1 Å². The number of carboxylic acid groups (broad SMARTS) is 1. The summed E-state index contributed by atoms with van der Waals surface area (Å²) in [6.45, 7) is -0.838. The van der Waals surface area contributed by atoms with Crippen molar-refractivity contribution in [2.45, 2.75) is 23.6 Å². The lowest BCUT2D eigenvalue weighted by molar-refractivity contribution is -0.138.